The fourth-order valence-corrected chi connectivity index (χ4v) is 6.92. The van der Waals surface area contributed by atoms with Gasteiger partial charge >= 0.3 is 29.8 Å². The van der Waals surface area contributed by atoms with Crippen molar-refractivity contribution in [3.8, 4) is 109 Å². The number of fused-ring (bicyclic) bond motifs is 5. The van der Waals surface area contributed by atoms with Crippen molar-refractivity contribution < 1.29 is 139 Å². The summed E-state index contributed by atoms with van der Waals surface area (Å²) in [7, 11) is 0. The molecule has 0 spiro atoms. The summed E-state index contributed by atoms with van der Waals surface area (Å²) < 4.78 is 33.1. The van der Waals surface area contributed by atoms with E-state index in [4.69, 9.17) is 28.4 Å². The molecular weight excluding hydrogens is 940 g/mol. The molecule has 28 nitrogen and oxygen atoms in total. The summed E-state index contributed by atoms with van der Waals surface area (Å²) >= 11 is 0. The average molecular weight is 971 g/mol. The van der Waals surface area contributed by atoms with Crippen LogP contribution in [0.5, 0.6) is 97.7 Å². The fourth-order valence-electron chi connectivity index (χ4n) is 6.92. The van der Waals surface area contributed by atoms with Gasteiger partial charge < -0.3 is 115 Å². The van der Waals surface area contributed by atoms with E-state index in [0.29, 0.717) is 36.4 Å². The van der Waals surface area contributed by atoms with Crippen LogP contribution in [0.2, 0.25) is 0 Å². The maximum absolute atomic E-state index is 14.7. The van der Waals surface area contributed by atoms with E-state index in [-0.39, 0.29) is 0 Å². The van der Waals surface area contributed by atoms with Crippen LogP contribution < -0.4 is 0 Å². The minimum absolute atomic E-state index is 0.486. The molecule has 0 aromatic heterocycles. The molecule has 17 N–H and O–H groups in total. The summed E-state index contributed by atoms with van der Waals surface area (Å²) in [6, 6.07) is 3.01. The lowest BCUT2D eigenvalue weighted by atomic mass is 9.90. The zero-order valence-electron chi connectivity index (χ0n) is 33.7. The predicted octanol–water partition coefficient (Wildman–Crippen LogP) is 1.08. The number of benzene rings is 5. The smallest absolute Gasteiger partial charge is 0.343 e. The molecule has 69 heavy (non-hydrogen) atoms. The first-order valence-electron chi connectivity index (χ1n) is 18.8. The molecule has 5 atom stereocenters. The van der Waals surface area contributed by atoms with E-state index in [2.05, 4.69) is 0 Å². The molecule has 2 aliphatic rings. The number of hydrogen-bond donors (Lipinski definition) is 17. The second kappa shape index (κ2) is 17.1. The van der Waals surface area contributed by atoms with E-state index >= 15 is 0 Å². The summed E-state index contributed by atoms with van der Waals surface area (Å²) in [6.45, 7) is -1.45. The molecular formula is C41H30O28. The maximum atomic E-state index is 14.7. The van der Waals surface area contributed by atoms with Crippen LogP contribution in [-0.2, 0) is 28.4 Å². The summed E-state index contributed by atoms with van der Waals surface area (Å²) in [6.07, 6.45) is -13.0. The van der Waals surface area contributed by atoms with E-state index in [1.54, 1.807) is 0 Å². The van der Waals surface area contributed by atoms with Crippen molar-refractivity contribution in [2.45, 2.75) is 30.7 Å². The van der Waals surface area contributed by atoms with Crippen LogP contribution >= 0.6 is 0 Å². The third kappa shape index (κ3) is 7.98. The van der Waals surface area contributed by atoms with E-state index in [0.717, 1.165) is 0 Å². The van der Waals surface area contributed by atoms with Crippen LogP contribution in [0.15, 0.2) is 36.4 Å². The normalized spacial score (nSPS) is 18.8. The Morgan fingerprint density at radius 2 is 0.725 bits per heavy atom. The Morgan fingerprint density at radius 1 is 0.406 bits per heavy atom. The Balaban J connectivity index is 1.50. The highest BCUT2D eigenvalue weighted by atomic mass is 16.7. The van der Waals surface area contributed by atoms with Gasteiger partial charge in [-0.05, 0) is 36.4 Å². The SMILES string of the molecule is O=C(O[C@@H]1O[C@@H]2COC(=O)c3c(O)c(O)c(O)c(O)c3-c3c(O)c(O)c(O)c(O)c3C(=O)O[C@H]([C@H]1OC(=O)c1cc(O)c(O)c(O)c1)[C@@H]2OC(=O)c1cc(O)c(O)c(O)c1)c1cc(O)c(O)c(O)c1. The first-order chi connectivity index (χ1) is 32.3. The van der Waals surface area contributed by atoms with Crippen molar-refractivity contribution in [1.82, 2.24) is 0 Å². The zero-order valence-corrected chi connectivity index (χ0v) is 33.7. The minimum Gasteiger partial charge on any atom is -0.504 e. The number of hydrogen-bond acceptors (Lipinski definition) is 28. The quantitative estimate of drug-likeness (QED) is 0.0490. The zero-order chi connectivity index (χ0) is 50.8. The number of carbonyl (C=O) groups excluding carboxylic acids is 5. The highest BCUT2D eigenvalue weighted by Gasteiger charge is 2.56. The number of phenolic OH excluding ortho intramolecular Hbond substituents is 17. The van der Waals surface area contributed by atoms with Gasteiger partial charge in [-0.25, -0.2) is 24.0 Å². The summed E-state index contributed by atoms with van der Waals surface area (Å²) in [4.78, 5) is 70.1. The molecule has 7 rings (SSSR count). The van der Waals surface area contributed by atoms with Crippen LogP contribution in [-0.4, -0.2) is 154 Å². The molecule has 1 fully saturated rings. The first-order valence-corrected chi connectivity index (χ1v) is 18.8. The Labute approximate surface area is 379 Å². The molecule has 1 saturated heterocycles. The van der Waals surface area contributed by atoms with Gasteiger partial charge in [0.2, 0.25) is 35.4 Å². The van der Waals surface area contributed by atoms with Gasteiger partial charge in [0.25, 0.3) is 0 Å². The van der Waals surface area contributed by atoms with Gasteiger partial charge in [-0.1, -0.05) is 0 Å². The summed E-state index contributed by atoms with van der Waals surface area (Å²) in [5, 5.41) is 177. The molecule has 0 amide bonds. The van der Waals surface area contributed by atoms with Crippen molar-refractivity contribution in [3.05, 3.63) is 64.2 Å². The van der Waals surface area contributed by atoms with Gasteiger partial charge in [0.1, 0.15) is 23.8 Å². The van der Waals surface area contributed by atoms with Crippen molar-refractivity contribution in [2.75, 3.05) is 6.61 Å². The molecule has 0 unspecified atom stereocenters. The first kappa shape index (κ1) is 47.0. The third-order valence-electron chi connectivity index (χ3n) is 10.3. The molecule has 0 saturated carbocycles. The fraction of sp³-hybridized carbons (Fsp3) is 0.146. The lowest BCUT2D eigenvalue weighted by Gasteiger charge is -2.44. The monoisotopic (exact) mass is 970 g/mol. The number of carbonyl (C=O) groups is 5. The van der Waals surface area contributed by atoms with E-state index < -0.39 is 204 Å². The Bertz CT molecular complexity index is 2980. The highest BCUT2D eigenvalue weighted by Crippen LogP contribution is 2.59. The largest absolute Gasteiger partial charge is 0.504 e. The second-order valence-corrected chi connectivity index (χ2v) is 14.5. The number of rotatable bonds is 6. The number of cyclic esters (lactones) is 1. The van der Waals surface area contributed by atoms with Crippen LogP contribution in [0.3, 0.4) is 0 Å². The molecule has 5 aromatic rings. The van der Waals surface area contributed by atoms with E-state index in [9.17, 15) is 111 Å². The van der Waals surface area contributed by atoms with Crippen molar-refractivity contribution >= 4 is 29.8 Å². The van der Waals surface area contributed by atoms with Crippen molar-refractivity contribution in [3.63, 3.8) is 0 Å². The minimum atomic E-state index is -2.74. The number of phenols is 17. The van der Waals surface area contributed by atoms with E-state index in [1.807, 2.05) is 0 Å². The molecule has 5 aromatic carbocycles. The number of aromatic hydroxyl groups is 17. The maximum Gasteiger partial charge on any atom is 0.343 e. The number of ether oxygens (including phenoxy) is 6. The lowest BCUT2D eigenvalue weighted by Crippen LogP contribution is -2.63. The van der Waals surface area contributed by atoms with Crippen LogP contribution in [0, 0.1) is 0 Å². The number of esters is 5. The van der Waals surface area contributed by atoms with Gasteiger partial charge in [-0.3, -0.25) is 0 Å². The molecule has 0 radical (unpaired) electrons. The third-order valence-corrected chi connectivity index (χ3v) is 10.3. The Morgan fingerprint density at radius 3 is 1.10 bits per heavy atom. The molecule has 2 aliphatic heterocycles. The van der Waals surface area contributed by atoms with Gasteiger partial charge in [-0.2, -0.15) is 0 Å². The molecule has 0 aliphatic carbocycles. The second-order valence-electron chi connectivity index (χ2n) is 14.5. The molecule has 2 bridgehead atoms. The van der Waals surface area contributed by atoms with Crippen LogP contribution in [0.4, 0.5) is 0 Å². The summed E-state index contributed by atoms with van der Waals surface area (Å²) in [5.74, 6) is -33.5. The predicted molar refractivity (Wildman–Crippen MR) is 211 cm³/mol. The average Bonchev–Trinajstić information content (AvgIpc) is 3.30. The van der Waals surface area contributed by atoms with Crippen LogP contribution in [0.25, 0.3) is 11.1 Å². The van der Waals surface area contributed by atoms with Gasteiger partial charge in [-0.15, -0.1) is 0 Å². The summed E-state index contributed by atoms with van der Waals surface area (Å²) in [5.41, 5.74) is -8.76. The van der Waals surface area contributed by atoms with Crippen molar-refractivity contribution in [1.29, 1.82) is 0 Å². The van der Waals surface area contributed by atoms with Crippen LogP contribution in [0.1, 0.15) is 51.8 Å². The Kier molecular flexibility index (Phi) is 11.6. The van der Waals surface area contributed by atoms with Gasteiger partial charge in [0, 0.05) is 0 Å². The molecule has 28 heteroatoms. The highest BCUT2D eigenvalue weighted by molar-refractivity contribution is 6.11. The lowest BCUT2D eigenvalue weighted by molar-refractivity contribution is -0.282. The van der Waals surface area contributed by atoms with E-state index in [1.165, 1.54) is 0 Å². The van der Waals surface area contributed by atoms with Gasteiger partial charge in [0.15, 0.2) is 87.0 Å². The molecule has 2 heterocycles. The molecule has 362 valence electrons. The topological polar surface area (TPSA) is 485 Å². The standard InChI is InChI=1S/C41H30O28/c42-11-1-8(2-12(43)22(11)48)36(59)66-33-17-7-64-39(62)20-18(25(51)29(55)31(57)27(20)53)19-21(28(54)32(58)30(56)26(19)52)40(63)67-34(33)35(68-37(60)9-3-13(44)23(49)14(45)4-9)41(65-17)69-38(61)10-5-15(46)24(50)16(47)6-10/h1-6,17,33-35,41-58H,7H2/t17-,33-,34+,35-,41+/m1/s1. The Hall–Kier alpha value is -9.99. The van der Waals surface area contributed by atoms with Crippen molar-refractivity contribution in [2.24, 2.45) is 0 Å². The van der Waals surface area contributed by atoms with Gasteiger partial charge in [0.05, 0.1) is 27.8 Å².